The maximum Gasteiger partial charge on any atom is 0.142 e. The highest BCUT2D eigenvalue weighted by molar-refractivity contribution is 5.60. The summed E-state index contributed by atoms with van der Waals surface area (Å²) < 4.78 is 5.87. The Labute approximate surface area is 128 Å². The summed E-state index contributed by atoms with van der Waals surface area (Å²) in [5.74, 6) is 0.998. The zero-order chi connectivity index (χ0) is 14.9. The summed E-state index contributed by atoms with van der Waals surface area (Å²) in [6.45, 7) is 12.4. The summed E-state index contributed by atoms with van der Waals surface area (Å²) in [5.41, 5.74) is 2.46. The van der Waals surface area contributed by atoms with Crippen molar-refractivity contribution in [2.75, 3.05) is 44.2 Å². The summed E-state index contributed by atoms with van der Waals surface area (Å²) >= 11 is 0. The molecule has 0 saturated carbocycles. The molecule has 1 aliphatic heterocycles. The van der Waals surface area contributed by atoms with Crippen LogP contribution < -0.4 is 20.3 Å². The monoisotopic (exact) mass is 289 g/mol. The van der Waals surface area contributed by atoms with Crippen molar-refractivity contribution in [2.45, 2.75) is 19.9 Å². The van der Waals surface area contributed by atoms with Crippen molar-refractivity contribution < 1.29 is 4.74 Å². The number of anilines is 1. The van der Waals surface area contributed by atoms with Gasteiger partial charge in [0.05, 0.1) is 12.3 Å². The fraction of sp³-hybridized carbons (Fsp3) is 0.529. The lowest BCUT2D eigenvalue weighted by atomic mass is 10.1. The number of nitrogens with zero attached hydrogens (tertiary/aromatic N) is 1. The van der Waals surface area contributed by atoms with Gasteiger partial charge in [-0.15, -0.1) is 6.58 Å². The van der Waals surface area contributed by atoms with E-state index in [2.05, 4.69) is 40.3 Å². The van der Waals surface area contributed by atoms with Crippen molar-refractivity contribution in [2.24, 2.45) is 0 Å². The molecular formula is C17H27N3O. The molecule has 116 valence electrons. The van der Waals surface area contributed by atoms with Crippen LogP contribution in [0.5, 0.6) is 5.75 Å². The summed E-state index contributed by atoms with van der Waals surface area (Å²) in [5, 5.41) is 6.77. The van der Waals surface area contributed by atoms with Crippen molar-refractivity contribution in [1.29, 1.82) is 0 Å². The third-order valence-corrected chi connectivity index (χ3v) is 3.62. The van der Waals surface area contributed by atoms with E-state index in [-0.39, 0.29) is 0 Å². The van der Waals surface area contributed by atoms with Crippen LogP contribution in [0.15, 0.2) is 30.9 Å². The molecule has 1 aromatic rings. The molecule has 0 atom stereocenters. The molecular weight excluding hydrogens is 262 g/mol. The molecule has 1 fully saturated rings. The predicted octanol–water partition coefficient (Wildman–Crippen LogP) is 2.16. The van der Waals surface area contributed by atoms with Gasteiger partial charge >= 0.3 is 0 Å². The Kier molecular flexibility index (Phi) is 6.57. The average Bonchev–Trinajstić information content (AvgIpc) is 2.77. The lowest BCUT2D eigenvalue weighted by Crippen LogP contribution is -2.28. The van der Waals surface area contributed by atoms with E-state index in [9.17, 15) is 0 Å². The first-order valence-corrected chi connectivity index (χ1v) is 7.88. The Morgan fingerprint density at radius 3 is 3.10 bits per heavy atom. The minimum absolute atomic E-state index is 0.697. The number of ether oxygens (including phenoxy) is 1. The van der Waals surface area contributed by atoms with Gasteiger partial charge in [-0.2, -0.15) is 0 Å². The first-order valence-electron chi connectivity index (χ1n) is 7.88. The topological polar surface area (TPSA) is 36.5 Å². The van der Waals surface area contributed by atoms with E-state index in [0.29, 0.717) is 6.61 Å². The van der Waals surface area contributed by atoms with Gasteiger partial charge in [-0.3, -0.25) is 0 Å². The van der Waals surface area contributed by atoms with E-state index in [1.165, 1.54) is 17.7 Å². The Bertz CT molecular complexity index is 440. The summed E-state index contributed by atoms with van der Waals surface area (Å²) in [7, 11) is 0. The number of rotatable bonds is 7. The molecule has 2 N–H and O–H groups in total. The standard InChI is InChI=1S/C17H27N3O/c1-3-8-19-14-15-6-7-16(17(13-15)21-4-2)20-11-5-9-18-10-12-20/h3,6-7,13,18-19H,1,4-5,8-12,14H2,2H3. The van der Waals surface area contributed by atoms with Crippen LogP contribution in [0, 0.1) is 0 Å². The smallest absolute Gasteiger partial charge is 0.142 e. The molecule has 0 radical (unpaired) electrons. The van der Waals surface area contributed by atoms with Crippen LogP contribution in [0.2, 0.25) is 0 Å². The molecule has 1 saturated heterocycles. The zero-order valence-corrected chi connectivity index (χ0v) is 13.0. The van der Waals surface area contributed by atoms with Crippen LogP contribution in [0.1, 0.15) is 18.9 Å². The molecule has 0 unspecified atom stereocenters. The van der Waals surface area contributed by atoms with Crippen LogP contribution in [-0.4, -0.2) is 39.3 Å². The number of hydrogen-bond donors (Lipinski definition) is 2. The molecule has 0 aromatic heterocycles. The van der Waals surface area contributed by atoms with E-state index in [0.717, 1.165) is 45.0 Å². The molecule has 0 spiro atoms. The first-order chi connectivity index (χ1) is 10.3. The largest absolute Gasteiger partial charge is 0.492 e. The normalized spacial score (nSPS) is 15.6. The maximum absolute atomic E-state index is 5.87. The summed E-state index contributed by atoms with van der Waals surface area (Å²) in [6, 6.07) is 6.54. The molecule has 1 aliphatic rings. The van der Waals surface area contributed by atoms with Gasteiger partial charge in [0.2, 0.25) is 0 Å². The first kappa shape index (κ1) is 15.9. The number of hydrogen-bond acceptors (Lipinski definition) is 4. The summed E-state index contributed by atoms with van der Waals surface area (Å²) in [6.07, 6.45) is 3.05. The van der Waals surface area contributed by atoms with Gasteiger partial charge in [-0.05, 0) is 37.6 Å². The Hall–Kier alpha value is -1.52. The predicted molar refractivity (Wildman–Crippen MR) is 89.2 cm³/mol. The third-order valence-electron chi connectivity index (χ3n) is 3.62. The van der Waals surface area contributed by atoms with E-state index in [1.807, 2.05) is 13.0 Å². The zero-order valence-electron chi connectivity index (χ0n) is 13.0. The minimum Gasteiger partial charge on any atom is -0.492 e. The van der Waals surface area contributed by atoms with Gasteiger partial charge in [-0.1, -0.05) is 12.1 Å². The fourth-order valence-corrected chi connectivity index (χ4v) is 2.61. The van der Waals surface area contributed by atoms with Crippen molar-refractivity contribution >= 4 is 5.69 Å². The quantitative estimate of drug-likeness (QED) is 0.596. The van der Waals surface area contributed by atoms with E-state index >= 15 is 0 Å². The molecule has 21 heavy (non-hydrogen) atoms. The second-order valence-electron chi connectivity index (χ2n) is 5.25. The van der Waals surface area contributed by atoms with Crippen molar-refractivity contribution in [3.8, 4) is 5.75 Å². The van der Waals surface area contributed by atoms with Gasteiger partial charge in [0.15, 0.2) is 0 Å². The van der Waals surface area contributed by atoms with Crippen LogP contribution in [0.3, 0.4) is 0 Å². The van der Waals surface area contributed by atoms with Gasteiger partial charge in [-0.25, -0.2) is 0 Å². The highest BCUT2D eigenvalue weighted by atomic mass is 16.5. The lowest BCUT2D eigenvalue weighted by molar-refractivity contribution is 0.340. The number of benzene rings is 1. The second kappa shape index (κ2) is 8.70. The van der Waals surface area contributed by atoms with Gasteiger partial charge in [0.1, 0.15) is 5.75 Å². The molecule has 1 aromatic carbocycles. The van der Waals surface area contributed by atoms with Crippen LogP contribution in [0.4, 0.5) is 5.69 Å². The second-order valence-corrected chi connectivity index (χ2v) is 5.25. The van der Waals surface area contributed by atoms with Crippen molar-refractivity contribution in [1.82, 2.24) is 10.6 Å². The Morgan fingerprint density at radius 1 is 1.38 bits per heavy atom. The number of nitrogens with one attached hydrogen (secondary N) is 2. The minimum atomic E-state index is 0.697. The van der Waals surface area contributed by atoms with E-state index in [1.54, 1.807) is 0 Å². The Balaban J connectivity index is 2.13. The SMILES string of the molecule is C=CCNCc1ccc(N2CCCNCC2)c(OCC)c1. The van der Waals surface area contributed by atoms with Gasteiger partial charge < -0.3 is 20.3 Å². The van der Waals surface area contributed by atoms with Crippen LogP contribution in [-0.2, 0) is 6.54 Å². The molecule has 2 rings (SSSR count). The van der Waals surface area contributed by atoms with Crippen LogP contribution in [0.25, 0.3) is 0 Å². The van der Waals surface area contributed by atoms with E-state index < -0.39 is 0 Å². The highest BCUT2D eigenvalue weighted by Gasteiger charge is 2.14. The molecule has 0 bridgehead atoms. The summed E-state index contributed by atoms with van der Waals surface area (Å²) in [4.78, 5) is 2.42. The Morgan fingerprint density at radius 2 is 2.29 bits per heavy atom. The third kappa shape index (κ3) is 4.76. The molecule has 4 heteroatoms. The highest BCUT2D eigenvalue weighted by Crippen LogP contribution is 2.30. The van der Waals surface area contributed by atoms with Gasteiger partial charge in [0, 0.05) is 32.7 Å². The van der Waals surface area contributed by atoms with Crippen molar-refractivity contribution in [3.05, 3.63) is 36.4 Å². The molecule has 0 aliphatic carbocycles. The van der Waals surface area contributed by atoms with Crippen LogP contribution >= 0.6 is 0 Å². The maximum atomic E-state index is 5.87. The average molecular weight is 289 g/mol. The van der Waals surface area contributed by atoms with Gasteiger partial charge in [0.25, 0.3) is 0 Å². The molecule has 0 amide bonds. The molecule has 4 nitrogen and oxygen atoms in total. The lowest BCUT2D eigenvalue weighted by Gasteiger charge is -2.25. The molecule has 1 heterocycles. The van der Waals surface area contributed by atoms with E-state index in [4.69, 9.17) is 4.74 Å². The van der Waals surface area contributed by atoms with Crippen molar-refractivity contribution in [3.63, 3.8) is 0 Å². The fourth-order valence-electron chi connectivity index (χ4n) is 2.61.